The van der Waals surface area contributed by atoms with E-state index in [0.717, 1.165) is 0 Å². The van der Waals surface area contributed by atoms with Crippen molar-refractivity contribution in [1.29, 1.82) is 0 Å². The minimum absolute atomic E-state index is 0.107. The molecule has 0 amide bonds. The maximum atomic E-state index is 9.86. The zero-order valence-corrected chi connectivity index (χ0v) is 8.41. The number of hydrogen-bond acceptors (Lipinski definition) is 6. The van der Waals surface area contributed by atoms with Gasteiger partial charge in [-0.2, -0.15) is 0 Å². The second-order valence-electron chi connectivity index (χ2n) is 4.31. The first-order valence-electron chi connectivity index (χ1n) is 4.97. The van der Waals surface area contributed by atoms with Crippen LogP contribution in [0.15, 0.2) is 0 Å². The second-order valence-corrected chi connectivity index (χ2v) is 4.31. The fourth-order valence-corrected chi connectivity index (χ4v) is 2.21. The van der Waals surface area contributed by atoms with E-state index in [2.05, 4.69) is 0 Å². The van der Waals surface area contributed by atoms with Crippen LogP contribution in [-0.2, 0) is 9.47 Å². The van der Waals surface area contributed by atoms with Crippen molar-refractivity contribution in [3.05, 3.63) is 0 Å². The predicted molar refractivity (Wildman–Crippen MR) is 47.8 cm³/mol. The van der Waals surface area contributed by atoms with Crippen molar-refractivity contribution in [3.63, 3.8) is 0 Å². The van der Waals surface area contributed by atoms with Crippen molar-refractivity contribution < 1.29 is 29.9 Å². The van der Waals surface area contributed by atoms with Crippen LogP contribution in [0.2, 0.25) is 0 Å². The van der Waals surface area contributed by atoms with E-state index in [-0.39, 0.29) is 12.5 Å². The zero-order chi connectivity index (χ0) is 11.2. The quantitative estimate of drug-likeness (QED) is 0.370. The fraction of sp³-hybridized carbons (Fsp3) is 1.00. The van der Waals surface area contributed by atoms with Gasteiger partial charge in [0.1, 0.15) is 23.9 Å². The van der Waals surface area contributed by atoms with Gasteiger partial charge in [0, 0.05) is 5.92 Å². The van der Waals surface area contributed by atoms with Crippen LogP contribution in [0.1, 0.15) is 6.92 Å². The molecular weight excluding hydrogens is 204 g/mol. The Morgan fingerprint density at radius 2 is 1.80 bits per heavy atom. The molecule has 0 saturated carbocycles. The third kappa shape index (κ3) is 1.49. The minimum atomic E-state index is -1.49. The summed E-state index contributed by atoms with van der Waals surface area (Å²) in [7, 11) is 0. The Morgan fingerprint density at radius 1 is 1.13 bits per heavy atom. The molecule has 0 aromatic carbocycles. The maximum absolute atomic E-state index is 9.86. The van der Waals surface area contributed by atoms with Gasteiger partial charge in [0.15, 0.2) is 6.29 Å². The van der Waals surface area contributed by atoms with Crippen LogP contribution in [-0.4, -0.2) is 63.8 Å². The Labute approximate surface area is 87.1 Å². The van der Waals surface area contributed by atoms with E-state index >= 15 is 0 Å². The summed E-state index contributed by atoms with van der Waals surface area (Å²) in [5.74, 6) is -0.149. The lowest BCUT2D eigenvalue weighted by molar-refractivity contribution is -0.326. The molecule has 4 N–H and O–H groups in total. The van der Waals surface area contributed by atoms with Crippen LogP contribution in [0.4, 0.5) is 0 Å². The van der Waals surface area contributed by atoms with Crippen LogP contribution in [0.5, 0.6) is 0 Å². The highest BCUT2D eigenvalue weighted by atomic mass is 16.7. The number of rotatable bonds is 0. The van der Waals surface area contributed by atoms with Crippen LogP contribution < -0.4 is 0 Å². The van der Waals surface area contributed by atoms with E-state index in [1.807, 2.05) is 0 Å². The highest BCUT2D eigenvalue weighted by Gasteiger charge is 2.58. The van der Waals surface area contributed by atoms with E-state index in [0.29, 0.717) is 6.61 Å². The molecule has 2 rings (SSSR count). The molecule has 0 bridgehead atoms. The van der Waals surface area contributed by atoms with E-state index in [9.17, 15) is 20.4 Å². The molecule has 1 spiro atoms. The Hall–Kier alpha value is -0.240. The lowest BCUT2D eigenvalue weighted by Crippen LogP contribution is -2.66. The molecule has 2 aliphatic rings. The Bertz CT molecular complexity index is 247. The van der Waals surface area contributed by atoms with E-state index < -0.39 is 30.2 Å². The van der Waals surface area contributed by atoms with Crippen molar-refractivity contribution >= 4 is 0 Å². The zero-order valence-electron chi connectivity index (χ0n) is 8.41. The summed E-state index contributed by atoms with van der Waals surface area (Å²) in [6, 6.07) is 0. The molecule has 2 saturated heterocycles. The highest BCUT2D eigenvalue weighted by Crippen LogP contribution is 2.39. The first kappa shape index (κ1) is 11.3. The van der Waals surface area contributed by atoms with Gasteiger partial charge in [0.2, 0.25) is 0 Å². The molecular formula is C9H16O6. The predicted octanol–water partition coefficient (Wildman–Crippen LogP) is -2.18. The highest BCUT2D eigenvalue weighted by molar-refractivity contribution is 5.04. The summed E-state index contributed by atoms with van der Waals surface area (Å²) >= 11 is 0. The second kappa shape index (κ2) is 3.65. The average Bonchev–Trinajstić information content (AvgIpc) is 2.56. The Kier molecular flexibility index (Phi) is 2.74. The van der Waals surface area contributed by atoms with Gasteiger partial charge in [-0.3, -0.25) is 0 Å². The molecule has 15 heavy (non-hydrogen) atoms. The van der Waals surface area contributed by atoms with Gasteiger partial charge >= 0.3 is 0 Å². The molecule has 6 atom stereocenters. The normalized spacial score (nSPS) is 56.2. The summed E-state index contributed by atoms with van der Waals surface area (Å²) in [6.45, 7) is 2.30. The number of aliphatic hydroxyl groups excluding tert-OH is 4. The maximum Gasteiger partial charge on any atom is 0.184 e. The third-order valence-corrected chi connectivity index (χ3v) is 3.34. The first-order valence-corrected chi connectivity index (χ1v) is 4.97. The number of aliphatic hydroxyl groups is 4. The third-order valence-electron chi connectivity index (χ3n) is 3.34. The van der Waals surface area contributed by atoms with Crippen molar-refractivity contribution in [3.8, 4) is 0 Å². The molecule has 88 valence electrons. The first-order chi connectivity index (χ1) is 6.99. The van der Waals surface area contributed by atoms with Gasteiger partial charge in [-0.25, -0.2) is 0 Å². The van der Waals surface area contributed by atoms with Crippen molar-refractivity contribution in [2.24, 2.45) is 5.92 Å². The van der Waals surface area contributed by atoms with Gasteiger partial charge in [-0.15, -0.1) is 0 Å². The Balaban J connectivity index is 2.26. The van der Waals surface area contributed by atoms with Crippen LogP contribution in [0.25, 0.3) is 0 Å². The van der Waals surface area contributed by atoms with E-state index in [1.54, 1.807) is 6.92 Å². The SMILES string of the molecule is C[C@H]1COC[C@]12O[C@H](O)[C@H](O)[C@H](O)[C@H]2O. The molecule has 0 aromatic heterocycles. The average molecular weight is 220 g/mol. The molecule has 6 nitrogen and oxygen atoms in total. The summed E-state index contributed by atoms with van der Waals surface area (Å²) in [5, 5.41) is 38.2. The van der Waals surface area contributed by atoms with Gasteiger partial charge < -0.3 is 29.9 Å². The van der Waals surface area contributed by atoms with Gasteiger partial charge in [-0.1, -0.05) is 6.92 Å². The van der Waals surface area contributed by atoms with E-state index in [1.165, 1.54) is 0 Å². The van der Waals surface area contributed by atoms with Crippen LogP contribution in [0, 0.1) is 5.92 Å². The van der Waals surface area contributed by atoms with Crippen molar-refractivity contribution in [1.82, 2.24) is 0 Å². The Morgan fingerprint density at radius 3 is 2.33 bits per heavy atom. The lowest BCUT2D eigenvalue weighted by atomic mass is 9.80. The summed E-state index contributed by atoms with van der Waals surface area (Å²) in [6.07, 6.45) is -5.66. The smallest absolute Gasteiger partial charge is 0.184 e. The van der Waals surface area contributed by atoms with Crippen LogP contribution >= 0.6 is 0 Å². The molecule has 0 aliphatic carbocycles. The van der Waals surface area contributed by atoms with Crippen molar-refractivity contribution in [2.45, 2.75) is 37.1 Å². The summed E-state index contributed by atoms with van der Waals surface area (Å²) < 4.78 is 10.4. The van der Waals surface area contributed by atoms with Crippen molar-refractivity contribution in [2.75, 3.05) is 13.2 Å². The molecule has 2 heterocycles. The standard InChI is InChI=1S/C9H16O6/c1-4-2-14-3-9(4)7(12)5(10)6(11)8(13)15-9/h4-8,10-13H,2-3H2,1H3/t4-,5-,6+,7+,8-,9-/m0/s1. The molecule has 6 heteroatoms. The molecule has 2 fully saturated rings. The molecule has 0 radical (unpaired) electrons. The summed E-state index contributed by atoms with van der Waals surface area (Å²) in [5.41, 5.74) is -1.11. The van der Waals surface area contributed by atoms with Gasteiger partial charge in [-0.05, 0) is 0 Å². The van der Waals surface area contributed by atoms with Gasteiger partial charge in [0.25, 0.3) is 0 Å². The number of ether oxygens (including phenoxy) is 2. The fourth-order valence-electron chi connectivity index (χ4n) is 2.21. The summed E-state index contributed by atoms with van der Waals surface area (Å²) in [4.78, 5) is 0. The molecule has 0 aromatic rings. The largest absolute Gasteiger partial charge is 0.387 e. The lowest BCUT2D eigenvalue weighted by Gasteiger charge is -2.46. The minimum Gasteiger partial charge on any atom is -0.387 e. The van der Waals surface area contributed by atoms with Crippen LogP contribution in [0.3, 0.4) is 0 Å². The monoisotopic (exact) mass is 220 g/mol. The number of hydrogen-bond donors (Lipinski definition) is 4. The molecule has 2 aliphatic heterocycles. The molecule has 0 unspecified atom stereocenters. The topological polar surface area (TPSA) is 99.4 Å². The van der Waals surface area contributed by atoms with E-state index in [4.69, 9.17) is 9.47 Å². The van der Waals surface area contributed by atoms with Gasteiger partial charge in [0.05, 0.1) is 13.2 Å².